The fourth-order valence-electron chi connectivity index (χ4n) is 3.30. The molecule has 1 aliphatic carbocycles. The van der Waals surface area contributed by atoms with Gasteiger partial charge in [-0.1, -0.05) is 37.6 Å². The summed E-state index contributed by atoms with van der Waals surface area (Å²) in [6, 6.07) is 9.27. The van der Waals surface area contributed by atoms with Gasteiger partial charge >= 0.3 is 0 Å². The van der Waals surface area contributed by atoms with Crippen LogP contribution in [0.4, 0.5) is 0 Å². The molecule has 0 spiro atoms. The summed E-state index contributed by atoms with van der Waals surface area (Å²) in [7, 11) is 0. The summed E-state index contributed by atoms with van der Waals surface area (Å²) < 4.78 is 5.64. The third-order valence-electron chi connectivity index (χ3n) is 4.26. The standard InChI is InChI=1S/C18H17ClN2O2/c1-18(2)7-13(22)16-14(8-18)23-17(21)12(9-20)15(16)10-4-3-5-11(19)6-10/h3-6,15H,7-8,21H2,1-2H3. The van der Waals surface area contributed by atoms with Crippen LogP contribution in [-0.4, -0.2) is 5.78 Å². The van der Waals surface area contributed by atoms with E-state index in [4.69, 9.17) is 22.1 Å². The van der Waals surface area contributed by atoms with Crippen molar-refractivity contribution in [2.24, 2.45) is 11.1 Å². The van der Waals surface area contributed by atoms with Crippen molar-refractivity contribution in [2.75, 3.05) is 0 Å². The molecule has 2 aliphatic rings. The molecule has 2 N–H and O–H groups in total. The van der Waals surface area contributed by atoms with Gasteiger partial charge in [-0.25, -0.2) is 0 Å². The van der Waals surface area contributed by atoms with Crippen molar-refractivity contribution in [3.63, 3.8) is 0 Å². The molecule has 23 heavy (non-hydrogen) atoms. The first-order valence-electron chi connectivity index (χ1n) is 7.42. The van der Waals surface area contributed by atoms with Gasteiger partial charge < -0.3 is 10.5 Å². The molecular weight excluding hydrogens is 312 g/mol. The maximum Gasteiger partial charge on any atom is 0.205 e. The van der Waals surface area contributed by atoms with E-state index in [-0.39, 0.29) is 22.7 Å². The zero-order valence-corrected chi connectivity index (χ0v) is 13.8. The summed E-state index contributed by atoms with van der Waals surface area (Å²) in [4.78, 5) is 12.7. The lowest BCUT2D eigenvalue weighted by molar-refractivity contribution is -0.119. The quantitative estimate of drug-likeness (QED) is 0.850. The van der Waals surface area contributed by atoms with Crippen LogP contribution in [0, 0.1) is 16.7 Å². The topological polar surface area (TPSA) is 76.1 Å². The van der Waals surface area contributed by atoms with Crippen molar-refractivity contribution in [1.82, 2.24) is 0 Å². The molecule has 1 heterocycles. The highest BCUT2D eigenvalue weighted by atomic mass is 35.5. The fourth-order valence-corrected chi connectivity index (χ4v) is 3.50. The molecule has 1 aromatic rings. The SMILES string of the molecule is CC1(C)CC(=O)C2=C(C1)OC(N)=C(C#N)C2c1cccc(Cl)c1. The van der Waals surface area contributed by atoms with E-state index in [1.54, 1.807) is 18.2 Å². The van der Waals surface area contributed by atoms with Crippen LogP contribution >= 0.6 is 11.6 Å². The Morgan fingerprint density at radius 3 is 2.78 bits per heavy atom. The maximum atomic E-state index is 12.7. The molecule has 0 amide bonds. The number of hydrogen-bond donors (Lipinski definition) is 1. The number of carbonyl (C=O) groups is 1. The summed E-state index contributed by atoms with van der Waals surface area (Å²) in [6.45, 7) is 4.04. The third kappa shape index (κ3) is 2.73. The van der Waals surface area contributed by atoms with Crippen LogP contribution in [-0.2, 0) is 9.53 Å². The number of rotatable bonds is 1. The van der Waals surface area contributed by atoms with E-state index in [0.29, 0.717) is 29.2 Å². The van der Waals surface area contributed by atoms with E-state index in [1.165, 1.54) is 0 Å². The third-order valence-corrected chi connectivity index (χ3v) is 4.49. The Hall–Kier alpha value is -2.25. The molecule has 0 radical (unpaired) electrons. The fraction of sp³-hybridized carbons (Fsp3) is 0.333. The van der Waals surface area contributed by atoms with Gasteiger partial charge in [0, 0.05) is 23.4 Å². The van der Waals surface area contributed by atoms with Crippen LogP contribution in [0.15, 0.2) is 47.1 Å². The maximum absolute atomic E-state index is 12.7. The zero-order valence-electron chi connectivity index (χ0n) is 13.0. The second kappa shape index (κ2) is 5.43. The van der Waals surface area contributed by atoms with Gasteiger partial charge in [0.2, 0.25) is 5.88 Å². The Bertz CT molecular complexity index is 799. The number of allylic oxidation sites excluding steroid dienone is 3. The Kier molecular flexibility index (Phi) is 3.69. The Balaban J connectivity index is 2.19. The molecule has 0 saturated heterocycles. The van der Waals surface area contributed by atoms with Crippen LogP contribution in [0.2, 0.25) is 5.02 Å². The molecule has 0 fully saturated rings. The molecule has 1 aliphatic heterocycles. The number of nitrogens with zero attached hydrogens (tertiary/aromatic N) is 1. The first kappa shape index (κ1) is 15.6. The van der Waals surface area contributed by atoms with Crippen LogP contribution in [0.3, 0.4) is 0 Å². The predicted molar refractivity (Wildman–Crippen MR) is 87.2 cm³/mol. The van der Waals surface area contributed by atoms with Gasteiger partial charge in [0.1, 0.15) is 17.4 Å². The van der Waals surface area contributed by atoms with Crippen molar-refractivity contribution < 1.29 is 9.53 Å². The number of nitriles is 1. The Morgan fingerprint density at radius 1 is 1.39 bits per heavy atom. The highest BCUT2D eigenvalue weighted by molar-refractivity contribution is 6.30. The van der Waals surface area contributed by atoms with Gasteiger partial charge in [-0.15, -0.1) is 0 Å². The van der Waals surface area contributed by atoms with Gasteiger partial charge in [-0.05, 0) is 23.1 Å². The average Bonchev–Trinajstić information content (AvgIpc) is 2.44. The molecule has 0 bridgehead atoms. The minimum Gasteiger partial charge on any atom is -0.444 e. The second-order valence-electron chi connectivity index (χ2n) is 6.76. The number of ether oxygens (including phenoxy) is 1. The lowest BCUT2D eigenvalue weighted by Crippen LogP contribution is -2.33. The number of hydrogen-bond acceptors (Lipinski definition) is 4. The average molecular weight is 329 g/mol. The van der Waals surface area contributed by atoms with Gasteiger partial charge in [0.25, 0.3) is 0 Å². The highest BCUT2D eigenvalue weighted by Gasteiger charge is 2.42. The van der Waals surface area contributed by atoms with Crippen LogP contribution < -0.4 is 5.73 Å². The van der Waals surface area contributed by atoms with Crippen molar-refractivity contribution >= 4 is 17.4 Å². The molecule has 3 rings (SSSR count). The summed E-state index contributed by atoms with van der Waals surface area (Å²) in [6.07, 6.45) is 1.04. The summed E-state index contributed by atoms with van der Waals surface area (Å²) in [5, 5.41) is 10.1. The number of ketones is 1. The molecule has 1 aromatic carbocycles. The second-order valence-corrected chi connectivity index (χ2v) is 7.19. The van der Waals surface area contributed by atoms with E-state index in [0.717, 1.165) is 5.56 Å². The molecule has 4 nitrogen and oxygen atoms in total. The van der Waals surface area contributed by atoms with Gasteiger partial charge in [0.05, 0.1) is 5.92 Å². The van der Waals surface area contributed by atoms with Crippen LogP contribution in [0.5, 0.6) is 0 Å². The lowest BCUT2D eigenvalue weighted by Gasteiger charge is -2.37. The molecule has 1 unspecified atom stereocenters. The molecule has 0 saturated carbocycles. The summed E-state index contributed by atoms with van der Waals surface area (Å²) in [5.41, 5.74) is 7.35. The van der Waals surface area contributed by atoms with Crippen LogP contribution in [0.1, 0.15) is 38.2 Å². The number of nitrogens with two attached hydrogens (primary N) is 1. The molecular formula is C18H17ClN2O2. The van der Waals surface area contributed by atoms with Gasteiger partial charge in [-0.2, -0.15) is 5.26 Å². The number of halogens is 1. The van der Waals surface area contributed by atoms with E-state index in [2.05, 4.69) is 6.07 Å². The molecule has 5 heteroatoms. The zero-order chi connectivity index (χ0) is 16.8. The minimum absolute atomic E-state index is 0.00137. The molecule has 0 aromatic heterocycles. The summed E-state index contributed by atoms with van der Waals surface area (Å²) >= 11 is 6.09. The first-order chi connectivity index (χ1) is 10.8. The molecule has 118 valence electrons. The van der Waals surface area contributed by atoms with E-state index >= 15 is 0 Å². The van der Waals surface area contributed by atoms with Crippen molar-refractivity contribution in [3.8, 4) is 6.07 Å². The smallest absolute Gasteiger partial charge is 0.205 e. The number of Topliss-reactive ketones (excluding diaryl/α,β-unsaturated/α-hetero) is 1. The largest absolute Gasteiger partial charge is 0.444 e. The Morgan fingerprint density at radius 2 is 2.13 bits per heavy atom. The minimum atomic E-state index is -0.508. The van der Waals surface area contributed by atoms with Crippen molar-refractivity contribution in [3.05, 3.63) is 57.6 Å². The number of carbonyl (C=O) groups excluding carboxylic acids is 1. The first-order valence-corrected chi connectivity index (χ1v) is 7.79. The number of benzene rings is 1. The molecule has 1 atom stereocenters. The van der Waals surface area contributed by atoms with Crippen molar-refractivity contribution in [2.45, 2.75) is 32.6 Å². The van der Waals surface area contributed by atoms with E-state index < -0.39 is 5.92 Å². The van der Waals surface area contributed by atoms with Gasteiger partial charge in [0.15, 0.2) is 5.78 Å². The lowest BCUT2D eigenvalue weighted by atomic mass is 9.70. The van der Waals surface area contributed by atoms with E-state index in [1.807, 2.05) is 19.9 Å². The van der Waals surface area contributed by atoms with Crippen LogP contribution in [0.25, 0.3) is 0 Å². The summed E-state index contributed by atoms with van der Waals surface area (Å²) in [5.74, 6) is 0.141. The Labute approximate surface area is 140 Å². The predicted octanol–water partition coefficient (Wildman–Crippen LogP) is 3.79. The van der Waals surface area contributed by atoms with E-state index in [9.17, 15) is 10.1 Å². The normalized spacial score (nSPS) is 23.2. The monoisotopic (exact) mass is 328 g/mol. The van der Waals surface area contributed by atoms with Crippen molar-refractivity contribution in [1.29, 1.82) is 5.26 Å². The van der Waals surface area contributed by atoms with Gasteiger partial charge in [-0.3, -0.25) is 4.79 Å². The highest BCUT2D eigenvalue weighted by Crippen LogP contribution is 2.47.